The fourth-order valence-corrected chi connectivity index (χ4v) is 4.91. The number of nitrogens with zero attached hydrogens (tertiary/aromatic N) is 1. The molecule has 1 aromatic heterocycles. The molecule has 24 heavy (non-hydrogen) atoms. The molecule has 0 spiro atoms. The molecule has 1 unspecified atom stereocenters. The Kier molecular flexibility index (Phi) is 3.97. The molecular weight excluding hydrogens is 330 g/mol. The average Bonchev–Trinajstić information content (AvgIpc) is 3.21. The van der Waals surface area contributed by atoms with Crippen LogP contribution in [0, 0.1) is 0 Å². The molecule has 0 N–H and O–H groups in total. The Balaban J connectivity index is 1.68. The predicted octanol–water partition coefficient (Wildman–Crippen LogP) is 2.97. The highest BCUT2D eigenvalue weighted by Gasteiger charge is 2.38. The van der Waals surface area contributed by atoms with Gasteiger partial charge in [0, 0.05) is 19.0 Å². The van der Waals surface area contributed by atoms with Gasteiger partial charge in [-0.05, 0) is 37.1 Å². The van der Waals surface area contributed by atoms with E-state index in [1.165, 1.54) is 4.31 Å². The van der Waals surface area contributed by atoms with E-state index in [-0.39, 0.29) is 10.9 Å². The van der Waals surface area contributed by atoms with Crippen LogP contribution < -0.4 is 9.47 Å². The maximum Gasteiger partial charge on any atom is 0.243 e. The highest BCUT2D eigenvalue weighted by atomic mass is 32.2. The van der Waals surface area contributed by atoms with Gasteiger partial charge in [0.05, 0.1) is 30.4 Å². The van der Waals surface area contributed by atoms with Gasteiger partial charge in [-0.25, -0.2) is 8.42 Å². The fourth-order valence-electron chi connectivity index (χ4n) is 3.23. The minimum absolute atomic E-state index is 0.227. The Labute approximate surface area is 141 Å². The van der Waals surface area contributed by atoms with Crippen molar-refractivity contribution < 1.29 is 22.3 Å². The molecule has 6 nitrogen and oxygen atoms in total. The molecule has 2 aliphatic rings. The first-order valence-corrected chi connectivity index (χ1v) is 9.55. The molecule has 1 fully saturated rings. The molecule has 1 aromatic carbocycles. The Morgan fingerprint density at radius 2 is 1.88 bits per heavy atom. The molecule has 7 heteroatoms. The third kappa shape index (κ3) is 2.67. The Morgan fingerprint density at radius 3 is 2.67 bits per heavy atom. The molecule has 0 saturated carbocycles. The maximum absolute atomic E-state index is 13.1. The van der Waals surface area contributed by atoms with E-state index in [0.717, 1.165) is 19.3 Å². The normalized spacial score (nSPS) is 21.6. The van der Waals surface area contributed by atoms with E-state index in [1.54, 1.807) is 30.5 Å². The van der Waals surface area contributed by atoms with Gasteiger partial charge in [0.1, 0.15) is 5.76 Å². The van der Waals surface area contributed by atoms with Crippen LogP contribution in [0.3, 0.4) is 0 Å². The predicted molar refractivity (Wildman–Crippen MR) is 86.6 cm³/mol. The van der Waals surface area contributed by atoms with E-state index in [9.17, 15) is 8.42 Å². The van der Waals surface area contributed by atoms with Crippen LogP contribution >= 0.6 is 0 Å². The summed E-state index contributed by atoms with van der Waals surface area (Å²) in [5.74, 6) is 1.77. The SMILES string of the molecule is O=S(=O)(c1ccc2c(c1)OCCCO2)N1CCCC1c1ccco1. The molecule has 4 rings (SSSR count). The van der Waals surface area contributed by atoms with Gasteiger partial charge in [-0.3, -0.25) is 0 Å². The summed E-state index contributed by atoms with van der Waals surface area (Å²) in [6, 6.07) is 8.18. The zero-order valence-electron chi connectivity index (χ0n) is 13.2. The first-order valence-electron chi connectivity index (χ1n) is 8.11. The Morgan fingerprint density at radius 1 is 1.04 bits per heavy atom. The number of hydrogen-bond donors (Lipinski definition) is 0. The van der Waals surface area contributed by atoms with Crippen molar-refractivity contribution >= 4 is 10.0 Å². The molecule has 0 aliphatic carbocycles. The van der Waals surface area contributed by atoms with Crippen LogP contribution in [-0.4, -0.2) is 32.5 Å². The summed E-state index contributed by atoms with van der Waals surface area (Å²) in [6.45, 7) is 1.59. The van der Waals surface area contributed by atoms with Gasteiger partial charge < -0.3 is 13.9 Å². The van der Waals surface area contributed by atoms with Crippen molar-refractivity contribution in [3.63, 3.8) is 0 Å². The van der Waals surface area contributed by atoms with Gasteiger partial charge in [0.2, 0.25) is 10.0 Å². The Bertz CT molecular complexity index is 816. The molecule has 0 bridgehead atoms. The second-order valence-corrected chi connectivity index (χ2v) is 7.84. The fraction of sp³-hybridized carbons (Fsp3) is 0.412. The van der Waals surface area contributed by atoms with Gasteiger partial charge in [0.25, 0.3) is 0 Å². The highest BCUT2D eigenvalue weighted by Crippen LogP contribution is 2.39. The van der Waals surface area contributed by atoms with Crippen LogP contribution in [0.1, 0.15) is 31.1 Å². The lowest BCUT2D eigenvalue weighted by atomic mass is 10.2. The van der Waals surface area contributed by atoms with Crippen molar-refractivity contribution in [3.05, 3.63) is 42.4 Å². The second kappa shape index (κ2) is 6.14. The quantitative estimate of drug-likeness (QED) is 0.852. The summed E-state index contributed by atoms with van der Waals surface area (Å²) < 4.78 is 44.3. The van der Waals surface area contributed by atoms with Gasteiger partial charge in [-0.1, -0.05) is 0 Å². The summed E-state index contributed by atoms with van der Waals surface area (Å²) in [5, 5.41) is 0. The third-order valence-electron chi connectivity index (χ3n) is 4.40. The number of ether oxygens (including phenoxy) is 2. The molecule has 0 amide bonds. The van der Waals surface area contributed by atoms with Crippen molar-refractivity contribution in [2.45, 2.75) is 30.2 Å². The zero-order chi connectivity index (χ0) is 16.6. The van der Waals surface area contributed by atoms with E-state index >= 15 is 0 Å². The van der Waals surface area contributed by atoms with Gasteiger partial charge in [-0.2, -0.15) is 4.31 Å². The minimum Gasteiger partial charge on any atom is -0.490 e. The number of fused-ring (bicyclic) bond motifs is 1. The molecule has 2 aliphatic heterocycles. The van der Waals surface area contributed by atoms with E-state index in [0.29, 0.717) is 37.0 Å². The van der Waals surface area contributed by atoms with Crippen LogP contribution in [0.25, 0.3) is 0 Å². The van der Waals surface area contributed by atoms with Crippen LogP contribution in [0.4, 0.5) is 0 Å². The lowest BCUT2D eigenvalue weighted by Gasteiger charge is -2.23. The van der Waals surface area contributed by atoms with Crippen LogP contribution in [0.15, 0.2) is 45.9 Å². The summed E-state index contributed by atoms with van der Waals surface area (Å²) in [7, 11) is -3.62. The number of hydrogen-bond acceptors (Lipinski definition) is 5. The number of sulfonamides is 1. The second-order valence-electron chi connectivity index (χ2n) is 5.95. The van der Waals surface area contributed by atoms with Crippen molar-refractivity contribution in [3.8, 4) is 11.5 Å². The van der Waals surface area contributed by atoms with Crippen molar-refractivity contribution in [1.82, 2.24) is 4.31 Å². The summed E-state index contributed by atoms with van der Waals surface area (Å²) in [6.07, 6.45) is 3.93. The van der Waals surface area contributed by atoms with Crippen LogP contribution in [0.5, 0.6) is 11.5 Å². The van der Waals surface area contributed by atoms with Gasteiger partial charge >= 0.3 is 0 Å². The van der Waals surface area contributed by atoms with E-state index in [1.807, 2.05) is 6.07 Å². The third-order valence-corrected chi connectivity index (χ3v) is 6.31. The first-order chi connectivity index (χ1) is 11.7. The van der Waals surface area contributed by atoms with Crippen molar-refractivity contribution in [2.75, 3.05) is 19.8 Å². The van der Waals surface area contributed by atoms with Gasteiger partial charge in [-0.15, -0.1) is 0 Å². The molecule has 3 heterocycles. The monoisotopic (exact) mass is 349 g/mol. The number of furan rings is 1. The smallest absolute Gasteiger partial charge is 0.243 e. The zero-order valence-corrected chi connectivity index (χ0v) is 14.0. The molecule has 1 atom stereocenters. The van der Waals surface area contributed by atoms with Gasteiger partial charge in [0.15, 0.2) is 11.5 Å². The minimum atomic E-state index is -3.62. The van der Waals surface area contributed by atoms with Crippen LogP contribution in [-0.2, 0) is 10.0 Å². The summed E-state index contributed by atoms with van der Waals surface area (Å²) in [5.41, 5.74) is 0. The highest BCUT2D eigenvalue weighted by molar-refractivity contribution is 7.89. The lowest BCUT2D eigenvalue weighted by Crippen LogP contribution is -2.30. The number of rotatable bonds is 3. The molecule has 128 valence electrons. The van der Waals surface area contributed by atoms with E-state index in [4.69, 9.17) is 13.9 Å². The largest absolute Gasteiger partial charge is 0.490 e. The van der Waals surface area contributed by atoms with Crippen LogP contribution in [0.2, 0.25) is 0 Å². The molecule has 1 saturated heterocycles. The topological polar surface area (TPSA) is 69.0 Å². The molecule has 2 aromatic rings. The molecule has 0 radical (unpaired) electrons. The number of benzene rings is 1. The lowest BCUT2D eigenvalue weighted by molar-refractivity contribution is 0.296. The van der Waals surface area contributed by atoms with E-state index < -0.39 is 10.0 Å². The Hall–Kier alpha value is -1.99. The maximum atomic E-state index is 13.1. The standard InChI is InChI=1S/C17H19NO5S/c19-24(20,18-8-1-4-14(18)15-5-2-9-21-15)13-6-7-16-17(12-13)23-11-3-10-22-16/h2,5-7,9,12,14H,1,3-4,8,10-11H2. The van der Waals surface area contributed by atoms with Crippen molar-refractivity contribution in [2.24, 2.45) is 0 Å². The average molecular weight is 349 g/mol. The summed E-state index contributed by atoms with van der Waals surface area (Å²) >= 11 is 0. The van der Waals surface area contributed by atoms with Crippen molar-refractivity contribution in [1.29, 1.82) is 0 Å². The molecular formula is C17H19NO5S. The first kappa shape index (κ1) is 15.5. The summed E-state index contributed by atoms with van der Waals surface area (Å²) in [4.78, 5) is 0.227. The van der Waals surface area contributed by atoms with E-state index in [2.05, 4.69) is 0 Å².